The van der Waals surface area contributed by atoms with Crippen molar-refractivity contribution in [2.45, 2.75) is 19.8 Å². The van der Waals surface area contributed by atoms with Crippen LogP contribution >= 0.6 is 0 Å². The molecule has 1 aromatic heterocycles. The number of rotatable bonds is 3. The molecule has 100 valence electrons. The molecule has 1 N–H and O–H groups in total. The average molecular weight is 259 g/mol. The Hall–Kier alpha value is -2.30. The van der Waals surface area contributed by atoms with Crippen molar-refractivity contribution in [1.82, 2.24) is 9.78 Å². The number of carbonyl (C=O) groups excluding carboxylic acids is 1. The molecule has 2 rings (SSSR count). The molecule has 0 saturated heterocycles. The van der Waals surface area contributed by atoms with Crippen molar-refractivity contribution in [3.63, 3.8) is 0 Å². The van der Waals surface area contributed by atoms with Gasteiger partial charge in [0.05, 0.1) is 5.69 Å². The van der Waals surface area contributed by atoms with E-state index >= 15 is 0 Å². The van der Waals surface area contributed by atoms with Gasteiger partial charge in [0.2, 0.25) is 0 Å². The van der Waals surface area contributed by atoms with Gasteiger partial charge in [-0.1, -0.05) is 32.0 Å². The van der Waals surface area contributed by atoms with Gasteiger partial charge in [-0.3, -0.25) is 10.00 Å². The van der Waals surface area contributed by atoms with E-state index in [0.29, 0.717) is 17.5 Å². The molecule has 0 saturated carbocycles. The van der Waals surface area contributed by atoms with Gasteiger partial charge in [0, 0.05) is 13.1 Å². The molecule has 0 radical (unpaired) electrons. The molecule has 5 heteroatoms. The molecule has 0 unspecified atom stereocenters. The normalized spacial score (nSPS) is 10.5. The second-order valence-corrected chi connectivity index (χ2v) is 4.56. The zero-order valence-electron chi connectivity index (χ0n) is 11.3. The first-order valence-electron chi connectivity index (χ1n) is 6.14. The number of hydrogen-bond acceptors (Lipinski definition) is 3. The molecular weight excluding hydrogens is 242 g/mol. The molecule has 0 spiro atoms. The van der Waals surface area contributed by atoms with E-state index in [1.54, 1.807) is 23.9 Å². The number of para-hydroxylation sites is 1. The molecule has 0 aliphatic carbocycles. The Labute approximate surface area is 112 Å². The molecule has 1 amide bonds. The van der Waals surface area contributed by atoms with Crippen LogP contribution < -0.4 is 10.1 Å². The summed E-state index contributed by atoms with van der Waals surface area (Å²) in [6.45, 7) is 4.10. The monoisotopic (exact) mass is 259 g/mol. The predicted molar refractivity (Wildman–Crippen MR) is 73.4 cm³/mol. The van der Waals surface area contributed by atoms with Crippen LogP contribution in [0.4, 0.5) is 10.6 Å². The molecule has 0 fully saturated rings. The maximum atomic E-state index is 11.7. The number of hydrogen-bond donors (Lipinski definition) is 1. The Bertz CT molecular complexity index is 561. The smallest absolute Gasteiger partial charge is 0.410 e. The van der Waals surface area contributed by atoms with Crippen LogP contribution in [0.2, 0.25) is 0 Å². The van der Waals surface area contributed by atoms with Gasteiger partial charge in [-0.15, -0.1) is 0 Å². The van der Waals surface area contributed by atoms with Gasteiger partial charge in [-0.25, -0.2) is 4.79 Å². The van der Waals surface area contributed by atoms with Crippen molar-refractivity contribution in [3.05, 3.63) is 42.1 Å². The molecule has 0 aliphatic rings. The number of benzene rings is 1. The van der Waals surface area contributed by atoms with Crippen LogP contribution in [0, 0.1) is 0 Å². The highest BCUT2D eigenvalue weighted by molar-refractivity contribution is 5.85. The van der Waals surface area contributed by atoms with Crippen LogP contribution in [0.3, 0.4) is 0 Å². The number of aryl methyl sites for hydroxylation is 1. The van der Waals surface area contributed by atoms with Crippen molar-refractivity contribution in [2.75, 3.05) is 5.32 Å². The van der Waals surface area contributed by atoms with Gasteiger partial charge in [0.15, 0.2) is 0 Å². The first-order chi connectivity index (χ1) is 9.06. The molecule has 1 aromatic carbocycles. The van der Waals surface area contributed by atoms with E-state index in [2.05, 4.69) is 24.3 Å². The fourth-order valence-electron chi connectivity index (χ4n) is 1.61. The average Bonchev–Trinajstić information content (AvgIpc) is 2.72. The van der Waals surface area contributed by atoms with E-state index in [0.717, 1.165) is 5.69 Å². The maximum absolute atomic E-state index is 11.7. The third-order valence-corrected chi connectivity index (χ3v) is 2.67. The number of aromatic nitrogens is 2. The molecule has 1 heterocycles. The van der Waals surface area contributed by atoms with E-state index in [1.807, 2.05) is 24.3 Å². The van der Waals surface area contributed by atoms with Gasteiger partial charge < -0.3 is 4.74 Å². The van der Waals surface area contributed by atoms with Crippen LogP contribution in [0.15, 0.2) is 36.4 Å². The fourth-order valence-corrected chi connectivity index (χ4v) is 1.61. The topological polar surface area (TPSA) is 56.1 Å². The van der Waals surface area contributed by atoms with E-state index in [9.17, 15) is 4.79 Å². The lowest BCUT2D eigenvalue weighted by Gasteiger charge is -2.05. The van der Waals surface area contributed by atoms with Gasteiger partial charge in [0.25, 0.3) is 0 Å². The fraction of sp³-hybridized carbons (Fsp3) is 0.286. The minimum atomic E-state index is -0.524. The van der Waals surface area contributed by atoms with Crippen LogP contribution in [0.25, 0.3) is 0 Å². The second-order valence-electron chi connectivity index (χ2n) is 4.56. The van der Waals surface area contributed by atoms with Crippen molar-refractivity contribution in [1.29, 1.82) is 0 Å². The number of amides is 1. The number of nitrogens with one attached hydrogen (secondary N) is 1. The summed E-state index contributed by atoms with van der Waals surface area (Å²) in [5, 5.41) is 6.99. The Balaban J connectivity index is 2.03. The van der Waals surface area contributed by atoms with Gasteiger partial charge in [-0.05, 0) is 18.1 Å². The van der Waals surface area contributed by atoms with E-state index in [-0.39, 0.29) is 0 Å². The lowest BCUT2D eigenvalue weighted by Crippen LogP contribution is -2.18. The summed E-state index contributed by atoms with van der Waals surface area (Å²) in [6.07, 6.45) is -0.524. The zero-order chi connectivity index (χ0) is 13.8. The standard InChI is InChI=1S/C14H17N3O2/c1-10(2)12-9-13(17(3)16-12)15-14(18)19-11-7-5-4-6-8-11/h4-10H,1-3H3,(H,15,18). The lowest BCUT2D eigenvalue weighted by atomic mass is 10.1. The summed E-state index contributed by atoms with van der Waals surface area (Å²) in [7, 11) is 1.78. The van der Waals surface area contributed by atoms with Crippen molar-refractivity contribution < 1.29 is 9.53 Å². The van der Waals surface area contributed by atoms with Crippen molar-refractivity contribution >= 4 is 11.9 Å². The van der Waals surface area contributed by atoms with Crippen LogP contribution in [-0.4, -0.2) is 15.9 Å². The number of nitrogens with zero attached hydrogens (tertiary/aromatic N) is 2. The molecule has 0 bridgehead atoms. The highest BCUT2D eigenvalue weighted by atomic mass is 16.6. The minimum absolute atomic E-state index is 0.312. The summed E-state index contributed by atoms with van der Waals surface area (Å²) in [6, 6.07) is 10.8. The quantitative estimate of drug-likeness (QED) is 0.921. The van der Waals surface area contributed by atoms with Gasteiger partial charge in [0.1, 0.15) is 11.6 Å². The van der Waals surface area contributed by atoms with Crippen LogP contribution in [0.5, 0.6) is 5.75 Å². The Kier molecular flexibility index (Phi) is 3.85. The molecule has 19 heavy (non-hydrogen) atoms. The van der Waals surface area contributed by atoms with Crippen molar-refractivity contribution in [3.8, 4) is 5.75 Å². The minimum Gasteiger partial charge on any atom is -0.410 e. The largest absolute Gasteiger partial charge is 0.418 e. The highest BCUT2D eigenvalue weighted by Crippen LogP contribution is 2.17. The second kappa shape index (κ2) is 5.56. The molecule has 2 aromatic rings. The van der Waals surface area contributed by atoms with Crippen LogP contribution in [-0.2, 0) is 7.05 Å². The van der Waals surface area contributed by atoms with E-state index in [1.165, 1.54) is 0 Å². The Morgan fingerprint density at radius 3 is 2.58 bits per heavy atom. The summed E-state index contributed by atoms with van der Waals surface area (Å²) < 4.78 is 6.78. The summed E-state index contributed by atoms with van der Waals surface area (Å²) in [5.74, 6) is 1.43. The Morgan fingerprint density at radius 1 is 1.32 bits per heavy atom. The number of carbonyl (C=O) groups is 1. The third-order valence-electron chi connectivity index (χ3n) is 2.67. The Morgan fingerprint density at radius 2 is 2.00 bits per heavy atom. The third kappa shape index (κ3) is 3.34. The first-order valence-corrected chi connectivity index (χ1v) is 6.14. The summed E-state index contributed by atoms with van der Waals surface area (Å²) >= 11 is 0. The molecule has 0 aliphatic heterocycles. The van der Waals surface area contributed by atoms with Gasteiger partial charge >= 0.3 is 6.09 Å². The number of ether oxygens (including phenoxy) is 1. The number of anilines is 1. The predicted octanol–water partition coefficient (Wildman–Crippen LogP) is 3.15. The summed E-state index contributed by atoms with van der Waals surface area (Å²) in [5.41, 5.74) is 0.928. The first kappa shape index (κ1) is 13.1. The zero-order valence-corrected chi connectivity index (χ0v) is 11.3. The van der Waals surface area contributed by atoms with E-state index in [4.69, 9.17) is 4.74 Å². The van der Waals surface area contributed by atoms with Gasteiger partial charge in [-0.2, -0.15) is 5.10 Å². The van der Waals surface area contributed by atoms with Crippen molar-refractivity contribution in [2.24, 2.45) is 7.05 Å². The van der Waals surface area contributed by atoms with E-state index < -0.39 is 6.09 Å². The highest BCUT2D eigenvalue weighted by Gasteiger charge is 2.11. The van der Waals surface area contributed by atoms with Crippen LogP contribution in [0.1, 0.15) is 25.5 Å². The maximum Gasteiger partial charge on any atom is 0.418 e. The molecule has 0 atom stereocenters. The molecular formula is C14H17N3O2. The summed E-state index contributed by atoms with van der Waals surface area (Å²) in [4.78, 5) is 11.7. The lowest BCUT2D eigenvalue weighted by molar-refractivity contribution is 0.215. The molecule has 5 nitrogen and oxygen atoms in total. The SMILES string of the molecule is CC(C)c1cc(NC(=O)Oc2ccccc2)n(C)n1.